The van der Waals surface area contributed by atoms with Gasteiger partial charge in [0.15, 0.2) is 0 Å². The Morgan fingerprint density at radius 1 is 1.22 bits per heavy atom. The summed E-state index contributed by atoms with van der Waals surface area (Å²) >= 11 is 0. The molecule has 3 nitrogen and oxygen atoms in total. The minimum atomic E-state index is 0.128. The smallest absolute Gasteiger partial charge is 0.246 e. The van der Waals surface area contributed by atoms with Crippen molar-refractivity contribution in [3.63, 3.8) is 0 Å². The zero-order chi connectivity index (χ0) is 14.2. The van der Waals surface area contributed by atoms with Gasteiger partial charge >= 0.3 is 0 Å². The number of carbonyl (C=O) groups is 1. The van der Waals surface area contributed by atoms with E-state index in [2.05, 4.69) is 20.8 Å². The third kappa shape index (κ3) is 7.49. The molecule has 18 heavy (non-hydrogen) atoms. The van der Waals surface area contributed by atoms with Crippen molar-refractivity contribution in [3.8, 4) is 0 Å². The molecule has 1 amide bonds. The summed E-state index contributed by atoms with van der Waals surface area (Å²) in [6, 6.07) is 0. The average molecular weight is 254 g/mol. The Labute approximate surface area is 113 Å². The minimum absolute atomic E-state index is 0.128. The zero-order valence-electron chi connectivity index (χ0n) is 13.0. The summed E-state index contributed by atoms with van der Waals surface area (Å²) in [4.78, 5) is 16.0. The summed E-state index contributed by atoms with van der Waals surface area (Å²) in [6.07, 6.45) is 5.94. The highest BCUT2D eigenvalue weighted by molar-refractivity contribution is 5.87. The van der Waals surface area contributed by atoms with E-state index in [0.717, 1.165) is 32.5 Å². The van der Waals surface area contributed by atoms with Crippen molar-refractivity contribution in [2.75, 3.05) is 33.7 Å². The van der Waals surface area contributed by atoms with Gasteiger partial charge in [0, 0.05) is 25.7 Å². The Hall–Kier alpha value is -0.830. The summed E-state index contributed by atoms with van der Waals surface area (Å²) in [5.74, 6) is 0.128. The van der Waals surface area contributed by atoms with Crippen molar-refractivity contribution in [1.29, 1.82) is 0 Å². The van der Waals surface area contributed by atoms with Gasteiger partial charge < -0.3 is 9.80 Å². The molecule has 0 aromatic rings. The van der Waals surface area contributed by atoms with Gasteiger partial charge in [0.05, 0.1) is 0 Å². The van der Waals surface area contributed by atoms with Crippen LogP contribution in [0, 0.1) is 5.41 Å². The summed E-state index contributed by atoms with van der Waals surface area (Å²) in [7, 11) is 3.99. The Balaban J connectivity index is 4.40. The molecule has 0 heterocycles. The van der Waals surface area contributed by atoms with Crippen LogP contribution in [0.15, 0.2) is 12.2 Å². The topological polar surface area (TPSA) is 23.6 Å². The molecule has 0 aromatic carbocycles. The molecule has 0 aliphatic heterocycles. The van der Waals surface area contributed by atoms with Crippen LogP contribution in [0.1, 0.15) is 40.5 Å². The third-order valence-corrected chi connectivity index (χ3v) is 2.97. The molecule has 0 radical (unpaired) electrons. The molecule has 0 fully saturated rings. The molecule has 106 valence electrons. The highest BCUT2D eigenvalue weighted by atomic mass is 16.2. The maximum absolute atomic E-state index is 12.1. The molecule has 0 atom stereocenters. The summed E-state index contributed by atoms with van der Waals surface area (Å²) in [5.41, 5.74) is 0.204. The Bertz CT molecular complexity index is 270. The van der Waals surface area contributed by atoms with E-state index in [1.54, 1.807) is 6.08 Å². The van der Waals surface area contributed by atoms with Gasteiger partial charge in [-0.3, -0.25) is 4.79 Å². The number of carbonyl (C=O) groups excluding carboxylic acids is 1. The molecule has 0 saturated carbocycles. The zero-order valence-corrected chi connectivity index (χ0v) is 13.0. The number of rotatable bonds is 8. The third-order valence-electron chi connectivity index (χ3n) is 2.97. The van der Waals surface area contributed by atoms with E-state index < -0.39 is 0 Å². The van der Waals surface area contributed by atoms with Crippen molar-refractivity contribution in [1.82, 2.24) is 9.80 Å². The monoisotopic (exact) mass is 254 g/mol. The second-order valence-corrected chi connectivity index (χ2v) is 5.93. The van der Waals surface area contributed by atoms with Crippen LogP contribution in [0.25, 0.3) is 0 Å². The van der Waals surface area contributed by atoms with Gasteiger partial charge in [-0.15, -0.1) is 0 Å². The van der Waals surface area contributed by atoms with Crippen LogP contribution in [0.3, 0.4) is 0 Å². The van der Waals surface area contributed by atoms with Crippen LogP contribution in [0.4, 0.5) is 0 Å². The van der Waals surface area contributed by atoms with Gasteiger partial charge in [0.25, 0.3) is 0 Å². The highest BCUT2D eigenvalue weighted by Crippen LogP contribution is 2.23. The first-order valence-corrected chi connectivity index (χ1v) is 6.92. The fourth-order valence-corrected chi connectivity index (χ4v) is 2.09. The molecule has 0 aromatic heterocycles. The van der Waals surface area contributed by atoms with Crippen LogP contribution in [-0.4, -0.2) is 49.4 Å². The number of hydrogen-bond acceptors (Lipinski definition) is 2. The van der Waals surface area contributed by atoms with Crippen molar-refractivity contribution >= 4 is 5.91 Å². The number of hydrogen-bond donors (Lipinski definition) is 0. The largest absolute Gasteiger partial charge is 0.339 e. The molecular formula is C15H30N2O. The fraction of sp³-hybridized carbons (Fsp3) is 0.800. The van der Waals surface area contributed by atoms with E-state index in [9.17, 15) is 4.79 Å². The normalized spacial score (nSPS) is 12.4. The Kier molecular flexibility index (Phi) is 7.92. The molecule has 0 aliphatic rings. The second kappa shape index (κ2) is 8.30. The Morgan fingerprint density at radius 3 is 2.28 bits per heavy atom. The lowest BCUT2D eigenvalue weighted by Gasteiger charge is -2.31. The van der Waals surface area contributed by atoms with E-state index in [4.69, 9.17) is 0 Å². The lowest BCUT2D eigenvalue weighted by Crippen LogP contribution is -2.37. The van der Waals surface area contributed by atoms with Crippen LogP contribution in [0.5, 0.6) is 0 Å². The predicted octanol–water partition coefficient (Wildman–Crippen LogP) is 2.78. The molecule has 0 spiro atoms. The lowest BCUT2D eigenvalue weighted by molar-refractivity contribution is -0.127. The van der Waals surface area contributed by atoms with Crippen LogP contribution in [0.2, 0.25) is 0 Å². The van der Waals surface area contributed by atoms with Gasteiger partial charge in [0.1, 0.15) is 0 Å². The molecule has 0 unspecified atom stereocenters. The molecular weight excluding hydrogens is 224 g/mol. The molecule has 0 bridgehead atoms. The van der Waals surface area contributed by atoms with Crippen molar-refractivity contribution < 1.29 is 4.79 Å². The molecule has 0 rings (SSSR count). The molecule has 0 N–H and O–H groups in total. The number of likely N-dealkylation sites (N-methyl/N-ethyl adjacent to an activating group) is 2. The van der Waals surface area contributed by atoms with Crippen molar-refractivity contribution in [2.24, 2.45) is 5.41 Å². The first-order valence-electron chi connectivity index (χ1n) is 6.92. The Morgan fingerprint density at radius 2 is 1.83 bits per heavy atom. The molecule has 0 aliphatic carbocycles. The van der Waals surface area contributed by atoms with Crippen molar-refractivity contribution in [2.45, 2.75) is 40.5 Å². The first-order chi connectivity index (χ1) is 8.32. The summed E-state index contributed by atoms with van der Waals surface area (Å²) in [5, 5.41) is 0. The van der Waals surface area contributed by atoms with Gasteiger partial charge in [-0.25, -0.2) is 0 Å². The standard InChI is InChI=1S/C15H30N2O/c1-7-11-15(3,4)13-17(8-2)14(18)10-9-12-16(5)6/h9-10H,7-8,11-13H2,1-6H3/b10-9+. The van der Waals surface area contributed by atoms with Crippen LogP contribution in [-0.2, 0) is 4.79 Å². The van der Waals surface area contributed by atoms with E-state index in [-0.39, 0.29) is 11.3 Å². The molecule has 3 heteroatoms. The lowest BCUT2D eigenvalue weighted by atomic mass is 9.87. The summed E-state index contributed by atoms with van der Waals surface area (Å²) in [6.45, 7) is 11.1. The van der Waals surface area contributed by atoms with Crippen LogP contribution >= 0.6 is 0 Å². The first kappa shape index (κ1) is 17.2. The highest BCUT2D eigenvalue weighted by Gasteiger charge is 2.22. The van der Waals surface area contributed by atoms with E-state index >= 15 is 0 Å². The van der Waals surface area contributed by atoms with Crippen molar-refractivity contribution in [3.05, 3.63) is 12.2 Å². The quantitative estimate of drug-likeness (QED) is 0.622. The van der Waals surface area contributed by atoms with E-state index in [1.807, 2.05) is 36.9 Å². The second-order valence-electron chi connectivity index (χ2n) is 5.93. The SMILES string of the molecule is CCCC(C)(C)CN(CC)C(=O)/C=C/CN(C)C. The number of nitrogens with zero attached hydrogens (tertiary/aromatic N) is 2. The maximum atomic E-state index is 12.1. The molecule has 0 saturated heterocycles. The fourth-order valence-electron chi connectivity index (χ4n) is 2.09. The summed E-state index contributed by atoms with van der Waals surface area (Å²) < 4.78 is 0. The van der Waals surface area contributed by atoms with Crippen LogP contribution < -0.4 is 0 Å². The maximum Gasteiger partial charge on any atom is 0.246 e. The number of amides is 1. The van der Waals surface area contributed by atoms with E-state index in [1.165, 1.54) is 0 Å². The predicted molar refractivity (Wildman–Crippen MR) is 78.6 cm³/mol. The van der Waals surface area contributed by atoms with Gasteiger partial charge in [0.2, 0.25) is 5.91 Å². The average Bonchev–Trinajstić information content (AvgIpc) is 2.25. The van der Waals surface area contributed by atoms with Gasteiger partial charge in [-0.05, 0) is 32.9 Å². The van der Waals surface area contributed by atoms with Gasteiger partial charge in [-0.1, -0.05) is 33.3 Å². The van der Waals surface area contributed by atoms with E-state index in [0.29, 0.717) is 0 Å². The minimum Gasteiger partial charge on any atom is -0.339 e. The van der Waals surface area contributed by atoms with Gasteiger partial charge in [-0.2, -0.15) is 0 Å².